The van der Waals surface area contributed by atoms with Gasteiger partial charge in [-0.15, -0.1) is 0 Å². The molecule has 3 N–H and O–H groups in total. The molecule has 1 aliphatic heterocycles. The van der Waals surface area contributed by atoms with Crippen LogP contribution in [0.3, 0.4) is 0 Å². The first kappa shape index (κ1) is 16.7. The van der Waals surface area contributed by atoms with Gasteiger partial charge in [0.05, 0.1) is 12.1 Å². The van der Waals surface area contributed by atoms with E-state index in [9.17, 15) is 14.7 Å². The van der Waals surface area contributed by atoms with Crippen LogP contribution in [0, 0.1) is 0 Å². The quantitative estimate of drug-likeness (QED) is 0.710. The number of alkyl carbamates (subject to hydrolysis) is 1. The van der Waals surface area contributed by atoms with Crippen molar-refractivity contribution < 1.29 is 29.3 Å². The van der Waals surface area contributed by atoms with Crippen LogP contribution < -0.4 is 5.32 Å². The number of hydrogen-bond donors (Lipinski definition) is 3. The first-order chi connectivity index (χ1) is 8.96. The zero-order chi connectivity index (χ0) is 15.6. The lowest BCUT2D eigenvalue weighted by atomic mass is 9.84. The average molecular weight is 289 g/mol. The van der Waals surface area contributed by atoms with Gasteiger partial charge in [0, 0.05) is 13.0 Å². The summed E-state index contributed by atoms with van der Waals surface area (Å²) in [6, 6.07) is 0. The van der Waals surface area contributed by atoms with Gasteiger partial charge in [0.15, 0.2) is 5.60 Å². The van der Waals surface area contributed by atoms with Crippen LogP contribution in [0.2, 0.25) is 0 Å². The van der Waals surface area contributed by atoms with Crippen LogP contribution in [0.5, 0.6) is 0 Å². The van der Waals surface area contributed by atoms with Gasteiger partial charge in [-0.05, 0) is 34.1 Å². The van der Waals surface area contributed by atoms with E-state index >= 15 is 0 Å². The summed E-state index contributed by atoms with van der Waals surface area (Å²) < 4.78 is 10.4. The van der Waals surface area contributed by atoms with E-state index in [0.717, 1.165) is 0 Å². The summed E-state index contributed by atoms with van der Waals surface area (Å²) in [5, 5.41) is 21.6. The predicted octanol–water partition coefficient (Wildman–Crippen LogP) is 0.896. The molecule has 1 saturated heterocycles. The van der Waals surface area contributed by atoms with Crippen LogP contribution in [-0.2, 0) is 14.3 Å². The molecule has 0 aromatic carbocycles. The van der Waals surface area contributed by atoms with Gasteiger partial charge in [-0.2, -0.15) is 0 Å². The molecule has 1 fully saturated rings. The van der Waals surface area contributed by atoms with E-state index in [4.69, 9.17) is 14.6 Å². The number of aliphatic carboxylic acids is 1. The third kappa shape index (κ3) is 4.64. The number of rotatable bonds is 4. The van der Waals surface area contributed by atoms with Crippen molar-refractivity contribution >= 4 is 12.1 Å². The molecule has 7 heteroatoms. The van der Waals surface area contributed by atoms with E-state index in [2.05, 4.69) is 5.32 Å². The molecule has 0 saturated carbocycles. The fourth-order valence-electron chi connectivity index (χ4n) is 2.14. The van der Waals surface area contributed by atoms with Crippen molar-refractivity contribution in [3.8, 4) is 0 Å². The number of carbonyl (C=O) groups is 2. The summed E-state index contributed by atoms with van der Waals surface area (Å²) >= 11 is 0. The second-order valence-electron chi connectivity index (χ2n) is 6.47. The first-order valence-corrected chi connectivity index (χ1v) is 6.51. The Balaban J connectivity index is 2.78. The normalized spacial score (nSPS) is 25.9. The van der Waals surface area contributed by atoms with Crippen LogP contribution in [-0.4, -0.2) is 52.2 Å². The summed E-state index contributed by atoms with van der Waals surface area (Å²) in [7, 11) is 0. The molecule has 0 spiro atoms. The largest absolute Gasteiger partial charge is 0.479 e. The van der Waals surface area contributed by atoms with Gasteiger partial charge in [0.1, 0.15) is 5.60 Å². The Morgan fingerprint density at radius 2 is 1.95 bits per heavy atom. The SMILES string of the molecule is CC(C)(C)OC(=O)NC1(CC(C)(O)C(=O)O)CCOC1. The first-order valence-electron chi connectivity index (χ1n) is 6.51. The van der Waals surface area contributed by atoms with E-state index in [1.165, 1.54) is 6.92 Å². The fourth-order valence-corrected chi connectivity index (χ4v) is 2.14. The lowest BCUT2D eigenvalue weighted by molar-refractivity contribution is -0.159. The molecular weight excluding hydrogens is 266 g/mol. The van der Waals surface area contributed by atoms with E-state index < -0.39 is 28.8 Å². The molecule has 2 unspecified atom stereocenters. The Morgan fingerprint density at radius 1 is 1.35 bits per heavy atom. The number of carbonyl (C=O) groups excluding carboxylic acids is 1. The van der Waals surface area contributed by atoms with Crippen LogP contribution in [0.25, 0.3) is 0 Å². The second kappa shape index (κ2) is 5.57. The molecule has 0 aliphatic carbocycles. The monoisotopic (exact) mass is 289 g/mol. The molecule has 116 valence electrons. The summed E-state index contributed by atoms with van der Waals surface area (Å²) in [5.74, 6) is -1.34. The molecule has 1 rings (SSSR count). The second-order valence-corrected chi connectivity index (χ2v) is 6.47. The topological polar surface area (TPSA) is 105 Å². The number of amides is 1. The molecule has 7 nitrogen and oxygen atoms in total. The number of carboxylic acids is 1. The van der Waals surface area contributed by atoms with E-state index in [0.29, 0.717) is 13.0 Å². The maximum atomic E-state index is 11.9. The predicted molar refractivity (Wildman–Crippen MR) is 70.4 cm³/mol. The number of ether oxygens (including phenoxy) is 2. The molecule has 0 bridgehead atoms. The van der Waals surface area contributed by atoms with Crippen molar-refractivity contribution in [2.45, 2.75) is 57.3 Å². The summed E-state index contributed by atoms with van der Waals surface area (Å²) in [5.41, 5.74) is -3.52. The standard InChI is InChI=1S/C13H23NO6/c1-11(2,3)20-10(17)14-13(5-6-19-8-13)7-12(4,18)9(15)16/h18H,5-8H2,1-4H3,(H,14,17)(H,15,16). The number of hydrogen-bond acceptors (Lipinski definition) is 5. The third-order valence-electron chi connectivity index (χ3n) is 3.01. The lowest BCUT2D eigenvalue weighted by Crippen LogP contribution is -2.56. The molecule has 2 atom stereocenters. The number of nitrogens with one attached hydrogen (secondary N) is 1. The smallest absolute Gasteiger partial charge is 0.408 e. The van der Waals surface area contributed by atoms with Crippen molar-refractivity contribution in [2.75, 3.05) is 13.2 Å². The van der Waals surface area contributed by atoms with Gasteiger partial charge in [-0.25, -0.2) is 9.59 Å². The Hall–Kier alpha value is -1.34. The van der Waals surface area contributed by atoms with Gasteiger partial charge >= 0.3 is 12.1 Å². The molecule has 20 heavy (non-hydrogen) atoms. The lowest BCUT2D eigenvalue weighted by Gasteiger charge is -2.34. The average Bonchev–Trinajstić information content (AvgIpc) is 2.61. The van der Waals surface area contributed by atoms with E-state index in [1.807, 2.05) is 0 Å². The van der Waals surface area contributed by atoms with Crippen molar-refractivity contribution in [2.24, 2.45) is 0 Å². The van der Waals surface area contributed by atoms with Gasteiger partial charge in [-0.1, -0.05) is 0 Å². The summed E-state index contributed by atoms with van der Waals surface area (Å²) in [6.07, 6.45) is -0.367. The molecule has 1 amide bonds. The van der Waals surface area contributed by atoms with Crippen LogP contribution >= 0.6 is 0 Å². The van der Waals surface area contributed by atoms with Crippen LogP contribution in [0.15, 0.2) is 0 Å². The Kier molecular flexibility index (Phi) is 4.66. The highest BCUT2D eigenvalue weighted by atomic mass is 16.6. The summed E-state index contributed by atoms with van der Waals surface area (Å²) in [6.45, 7) is 6.95. The van der Waals surface area contributed by atoms with Crippen molar-refractivity contribution in [3.63, 3.8) is 0 Å². The molecule has 1 aliphatic rings. The minimum Gasteiger partial charge on any atom is -0.479 e. The molecule has 1 heterocycles. The highest BCUT2D eigenvalue weighted by Gasteiger charge is 2.46. The van der Waals surface area contributed by atoms with Crippen molar-refractivity contribution in [1.82, 2.24) is 5.32 Å². The van der Waals surface area contributed by atoms with Crippen molar-refractivity contribution in [3.05, 3.63) is 0 Å². The summed E-state index contributed by atoms with van der Waals surface area (Å²) in [4.78, 5) is 22.9. The fraction of sp³-hybridized carbons (Fsp3) is 0.846. The molecule has 0 aromatic heterocycles. The highest BCUT2D eigenvalue weighted by Crippen LogP contribution is 2.29. The molecular formula is C13H23NO6. The van der Waals surface area contributed by atoms with Gasteiger partial charge in [0.2, 0.25) is 0 Å². The van der Waals surface area contributed by atoms with Crippen LogP contribution in [0.1, 0.15) is 40.5 Å². The maximum Gasteiger partial charge on any atom is 0.408 e. The zero-order valence-electron chi connectivity index (χ0n) is 12.4. The minimum atomic E-state index is -1.94. The van der Waals surface area contributed by atoms with Gasteiger partial charge in [-0.3, -0.25) is 0 Å². The third-order valence-corrected chi connectivity index (χ3v) is 3.01. The van der Waals surface area contributed by atoms with Gasteiger partial charge in [0.25, 0.3) is 0 Å². The van der Waals surface area contributed by atoms with Gasteiger partial charge < -0.3 is 25.0 Å². The molecule has 0 radical (unpaired) electrons. The van der Waals surface area contributed by atoms with E-state index in [1.54, 1.807) is 20.8 Å². The Morgan fingerprint density at radius 3 is 2.35 bits per heavy atom. The van der Waals surface area contributed by atoms with Crippen molar-refractivity contribution in [1.29, 1.82) is 0 Å². The van der Waals surface area contributed by atoms with Crippen LogP contribution in [0.4, 0.5) is 4.79 Å². The number of carboxylic acid groups (broad SMARTS) is 1. The Labute approximate surface area is 118 Å². The number of aliphatic hydroxyl groups is 1. The maximum absolute atomic E-state index is 11.9. The molecule has 0 aromatic rings. The Bertz CT molecular complexity index is 379. The highest BCUT2D eigenvalue weighted by molar-refractivity contribution is 5.77. The zero-order valence-corrected chi connectivity index (χ0v) is 12.4. The van der Waals surface area contributed by atoms with E-state index in [-0.39, 0.29) is 13.0 Å². The minimum absolute atomic E-state index is 0.144.